The number of aromatic nitrogens is 1. The molecule has 0 unspecified atom stereocenters. The predicted octanol–water partition coefficient (Wildman–Crippen LogP) is 5.89. The summed E-state index contributed by atoms with van der Waals surface area (Å²) in [6.45, 7) is 2.32. The average Bonchev–Trinajstić information content (AvgIpc) is 3.19. The second-order valence-corrected chi connectivity index (χ2v) is 9.26. The maximum absolute atomic E-state index is 13.3. The van der Waals surface area contributed by atoms with Crippen LogP contribution in [0.25, 0.3) is 11.5 Å². The second-order valence-electron chi connectivity index (χ2n) is 6.96. The molecule has 0 radical (unpaired) electrons. The molecule has 158 valence electrons. The molecule has 1 heterocycles. The van der Waals surface area contributed by atoms with Crippen molar-refractivity contribution in [3.63, 3.8) is 0 Å². The number of hydrogen-bond donors (Lipinski definition) is 1. The fourth-order valence-corrected chi connectivity index (χ4v) is 4.33. The number of hydrogen-bond acceptors (Lipinski definition) is 5. The van der Waals surface area contributed by atoms with Crippen molar-refractivity contribution in [3.8, 4) is 11.5 Å². The Morgan fingerprint density at radius 3 is 2.26 bits per heavy atom. The predicted molar refractivity (Wildman–Crippen MR) is 117 cm³/mol. The number of anilines is 1. The molecule has 0 aliphatic carbocycles. The maximum Gasteiger partial charge on any atom is 0.234 e. The minimum absolute atomic E-state index is 0.00912. The van der Waals surface area contributed by atoms with E-state index < -0.39 is 15.7 Å². The van der Waals surface area contributed by atoms with Crippen LogP contribution in [0.3, 0.4) is 0 Å². The number of halogens is 2. The van der Waals surface area contributed by atoms with Gasteiger partial charge < -0.3 is 9.73 Å². The van der Waals surface area contributed by atoms with Gasteiger partial charge in [-0.2, -0.15) is 4.98 Å². The van der Waals surface area contributed by atoms with Gasteiger partial charge in [0.25, 0.3) is 0 Å². The fourth-order valence-electron chi connectivity index (χ4n) is 2.93. The molecule has 5 nitrogen and oxygen atoms in total. The lowest BCUT2D eigenvalue weighted by Gasteiger charge is -2.07. The van der Waals surface area contributed by atoms with E-state index in [2.05, 4.69) is 10.3 Å². The molecule has 0 saturated heterocycles. The quantitative estimate of drug-likeness (QED) is 0.366. The first kappa shape index (κ1) is 21.1. The molecule has 31 heavy (non-hydrogen) atoms. The van der Waals surface area contributed by atoms with Crippen LogP contribution >= 0.6 is 11.6 Å². The van der Waals surface area contributed by atoms with Crippen molar-refractivity contribution in [1.82, 2.24) is 4.98 Å². The van der Waals surface area contributed by atoms with E-state index in [1.165, 1.54) is 12.1 Å². The highest BCUT2D eigenvalue weighted by Crippen LogP contribution is 2.33. The Balaban J connectivity index is 1.74. The third-order valence-electron chi connectivity index (χ3n) is 4.64. The van der Waals surface area contributed by atoms with Crippen molar-refractivity contribution < 1.29 is 17.2 Å². The molecule has 3 aromatic carbocycles. The summed E-state index contributed by atoms with van der Waals surface area (Å²) in [5.41, 5.74) is 2.64. The zero-order valence-electron chi connectivity index (χ0n) is 16.5. The van der Waals surface area contributed by atoms with Crippen LogP contribution < -0.4 is 5.32 Å². The van der Waals surface area contributed by atoms with E-state index in [-0.39, 0.29) is 21.7 Å². The summed E-state index contributed by atoms with van der Waals surface area (Å²) < 4.78 is 45.5. The maximum atomic E-state index is 13.3. The molecule has 0 aliphatic rings. The van der Waals surface area contributed by atoms with Crippen LogP contribution in [-0.4, -0.2) is 13.4 Å². The van der Waals surface area contributed by atoms with E-state index in [0.29, 0.717) is 17.1 Å². The van der Waals surface area contributed by atoms with Gasteiger partial charge in [0.15, 0.2) is 0 Å². The summed E-state index contributed by atoms with van der Waals surface area (Å²) >= 11 is 5.94. The SMILES string of the molecule is Cc1ccc(CNc2oc(-c3ccc(Cl)cc3)nc2S(=O)(=O)c2ccc(F)cc2)cc1. The molecule has 4 rings (SSSR count). The standard InChI is InChI=1S/C23H18ClFN2O3S/c1-15-2-4-16(5-3-15)14-26-22-23(31(28,29)20-12-10-19(25)11-13-20)27-21(30-22)17-6-8-18(24)9-7-17/h2-13,26H,14H2,1H3. The molecule has 0 bridgehead atoms. The van der Waals surface area contributed by atoms with Gasteiger partial charge in [0.2, 0.25) is 26.6 Å². The number of nitrogens with one attached hydrogen (secondary N) is 1. The Bertz CT molecular complexity index is 1300. The first-order chi connectivity index (χ1) is 14.8. The Morgan fingerprint density at radius 2 is 1.61 bits per heavy atom. The lowest BCUT2D eigenvalue weighted by molar-refractivity contribution is 0.576. The van der Waals surface area contributed by atoms with E-state index in [1.807, 2.05) is 31.2 Å². The zero-order chi connectivity index (χ0) is 22.0. The summed E-state index contributed by atoms with van der Waals surface area (Å²) in [5.74, 6) is -0.391. The highest BCUT2D eigenvalue weighted by Gasteiger charge is 2.28. The number of benzene rings is 3. The molecule has 0 spiro atoms. The molecule has 0 saturated carbocycles. The molecule has 1 aromatic heterocycles. The van der Waals surface area contributed by atoms with Crippen molar-refractivity contribution >= 4 is 27.3 Å². The second kappa shape index (κ2) is 8.53. The molecular formula is C23H18ClFN2O3S. The van der Waals surface area contributed by atoms with Gasteiger partial charge in [-0.3, -0.25) is 0 Å². The molecule has 0 atom stereocenters. The fraction of sp³-hybridized carbons (Fsp3) is 0.0870. The number of aryl methyl sites for hydroxylation is 1. The summed E-state index contributed by atoms with van der Waals surface area (Å²) in [6.07, 6.45) is 0. The van der Waals surface area contributed by atoms with Crippen molar-refractivity contribution in [2.24, 2.45) is 0 Å². The van der Waals surface area contributed by atoms with E-state index in [0.717, 1.165) is 23.3 Å². The van der Waals surface area contributed by atoms with Crippen molar-refractivity contribution in [2.75, 3.05) is 5.32 Å². The summed E-state index contributed by atoms with van der Waals surface area (Å²) in [5, 5.41) is 3.30. The van der Waals surface area contributed by atoms with Crippen LogP contribution in [0.2, 0.25) is 5.02 Å². The topological polar surface area (TPSA) is 72.2 Å². The van der Waals surface area contributed by atoms with Crippen molar-refractivity contribution in [2.45, 2.75) is 23.4 Å². The number of nitrogens with zero attached hydrogens (tertiary/aromatic N) is 1. The lowest BCUT2D eigenvalue weighted by Crippen LogP contribution is -2.07. The van der Waals surface area contributed by atoms with Crippen LogP contribution in [-0.2, 0) is 16.4 Å². The van der Waals surface area contributed by atoms with E-state index in [9.17, 15) is 12.8 Å². The van der Waals surface area contributed by atoms with E-state index in [1.54, 1.807) is 24.3 Å². The highest BCUT2D eigenvalue weighted by atomic mass is 35.5. The Labute approximate surface area is 184 Å². The monoisotopic (exact) mass is 456 g/mol. The third kappa shape index (κ3) is 4.62. The van der Waals surface area contributed by atoms with Gasteiger partial charge in [-0.25, -0.2) is 12.8 Å². The van der Waals surface area contributed by atoms with Gasteiger partial charge in [-0.1, -0.05) is 41.4 Å². The van der Waals surface area contributed by atoms with Crippen molar-refractivity contribution in [1.29, 1.82) is 0 Å². The first-order valence-electron chi connectivity index (χ1n) is 9.40. The van der Waals surface area contributed by atoms with Crippen LogP contribution in [0.4, 0.5) is 10.3 Å². The highest BCUT2D eigenvalue weighted by molar-refractivity contribution is 7.91. The minimum Gasteiger partial charge on any atom is -0.419 e. The zero-order valence-corrected chi connectivity index (χ0v) is 18.0. The van der Waals surface area contributed by atoms with Gasteiger partial charge in [-0.15, -0.1) is 0 Å². The van der Waals surface area contributed by atoms with Gasteiger partial charge >= 0.3 is 0 Å². The molecule has 0 aliphatic heterocycles. The van der Waals surface area contributed by atoms with Crippen molar-refractivity contribution in [3.05, 3.63) is 94.8 Å². The van der Waals surface area contributed by atoms with Gasteiger partial charge in [0.05, 0.1) is 4.90 Å². The Morgan fingerprint density at radius 1 is 0.968 bits per heavy atom. The molecule has 1 N–H and O–H groups in total. The number of rotatable bonds is 6. The Hall–Kier alpha value is -3.16. The minimum atomic E-state index is -4.05. The Kier molecular flexibility index (Phi) is 5.80. The molecule has 0 amide bonds. The summed E-state index contributed by atoms with van der Waals surface area (Å²) in [4.78, 5) is 4.17. The van der Waals surface area contributed by atoms with E-state index >= 15 is 0 Å². The van der Waals surface area contributed by atoms with Gasteiger partial charge in [0, 0.05) is 17.1 Å². The van der Waals surface area contributed by atoms with Crippen LogP contribution in [0.1, 0.15) is 11.1 Å². The lowest BCUT2D eigenvalue weighted by atomic mass is 10.1. The molecular weight excluding hydrogens is 439 g/mol. The third-order valence-corrected chi connectivity index (χ3v) is 6.57. The molecule has 0 fully saturated rings. The van der Waals surface area contributed by atoms with Crippen LogP contribution in [0, 0.1) is 12.7 Å². The molecule has 8 heteroatoms. The van der Waals surface area contributed by atoms with Crippen LogP contribution in [0.5, 0.6) is 0 Å². The van der Waals surface area contributed by atoms with Gasteiger partial charge in [-0.05, 0) is 61.0 Å². The summed E-state index contributed by atoms with van der Waals surface area (Å²) in [7, 11) is -4.05. The normalized spacial score (nSPS) is 11.5. The number of oxazole rings is 1. The number of sulfone groups is 1. The van der Waals surface area contributed by atoms with Crippen LogP contribution in [0.15, 0.2) is 87.1 Å². The first-order valence-corrected chi connectivity index (χ1v) is 11.3. The van der Waals surface area contributed by atoms with Gasteiger partial charge in [0.1, 0.15) is 5.82 Å². The molecule has 4 aromatic rings. The average molecular weight is 457 g/mol. The largest absolute Gasteiger partial charge is 0.419 e. The van der Waals surface area contributed by atoms with E-state index in [4.69, 9.17) is 16.0 Å². The summed E-state index contributed by atoms with van der Waals surface area (Å²) in [6, 6.07) is 19.1. The smallest absolute Gasteiger partial charge is 0.234 e.